The highest BCUT2D eigenvalue weighted by Gasteiger charge is 2.22. The van der Waals surface area contributed by atoms with Crippen molar-refractivity contribution in [2.24, 2.45) is 7.05 Å². The van der Waals surface area contributed by atoms with Crippen LogP contribution in [0.5, 0.6) is 0 Å². The molecular weight excluding hydrogens is 294 g/mol. The van der Waals surface area contributed by atoms with Crippen molar-refractivity contribution in [1.29, 1.82) is 0 Å². The summed E-state index contributed by atoms with van der Waals surface area (Å²) in [6.07, 6.45) is 2.81. The van der Waals surface area contributed by atoms with Crippen LogP contribution in [-0.4, -0.2) is 33.8 Å². The summed E-state index contributed by atoms with van der Waals surface area (Å²) in [6, 6.07) is 1.76. The van der Waals surface area contributed by atoms with Gasteiger partial charge in [0.15, 0.2) is 11.6 Å². The molecule has 7 heteroatoms. The molecule has 2 N–H and O–H groups in total. The smallest absolute Gasteiger partial charge is 0.293 e. The Kier molecular flexibility index (Phi) is 4.47. The molecule has 0 saturated carbocycles. The molecule has 1 aliphatic rings. The fourth-order valence-electron chi connectivity index (χ4n) is 2.91. The highest BCUT2D eigenvalue weighted by atomic mass is 16.4. The minimum absolute atomic E-state index is 0.292. The predicted octanol–water partition coefficient (Wildman–Crippen LogP) is 2.00. The first kappa shape index (κ1) is 15.7. The second-order valence-corrected chi connectivity index (χ2v) is 5.97. The van der Waals surface area contributed by atoms with Crippen molar-refractivity contribution < 1.29 is 9.21 Å². The number of nitrogens with one attached hydrogen (secondary N) is 2. The van der Waals surface area contributed by atoms with E-state index >= 15 is 0 Å². The van der Waals surface area contributed by atoms with Crippen molar-refractivity contribution in [3.05, 3.63) is 29.0 Å². The van der Waals surface area contributed by atoms with Crippen molar-refractivity contribution in [1.82, 2.24) is 20.1 Å². The van der Waals surface area contributed by atoms with Gasteiger partial charge < -0.3 is 9.73 Å². The van der Waals surface area contributed by atoms with Gasteiger partial charge in [-0.25, -0.2) is 4.68 Å². The molecule has 0 spiro atoms. The average Bonchev–Trinajstić information content (AvgIpc) is 3.11. The van der Waals surface area contributed by atoms with Crippen LogP contribution in [0.3, 0.4) is 0 Å². The van der Waals surface area contributed by atoms with E-state index < -0.39 is 0 Å². The lowest BCUT2D eigenvalue weighted by Gasteiger charge is -2.19. The van der Waals surface area contributed by atoms with Gasteiger partial charge in [-0.3, -0.25) is 10.1 Å². The Balaban J connectivity index is 1.74. The molecule has 0 unspecified atom stereocenters. The Labute approximate surface area is 135 Å². The van der Waals surface area contributed by atoms with Gasteiger partial charge in [-0.05, 0) is 44.5 Å². The first-order chi connectivity index (χ1) is 11.1. The molecule has 7 nitrogen and oxygen atoms in total. The first-order valence-electron chi connectivity index (χ1n) is 8.10. The van der Waals surface area contributed by atoms with Gasteiger partial charge >= 0.3 is 0 Å². The molecule has 3 rings (SSSR count). The molecule has 0 bridgehead atoms. The molecule has 124 valence electrons. The molecular formula is C16H23N5O2. The zero-order valence-electron chi connectivity index (χ0n) is 13.8. The number of carbonyl (C=O) groups is 1. The number of hydrogen-bond acceptors (Lipinski definition) is 5. The summed E-state index contributed by atoms with van der Waals surface area (Å²) >= 11 is 0. The van der Waals surface area contributed by atoms with Gasteiger partial charge in [-0.1, -0.05) is 6.92 Å². The molecule has 23 heavy (non-hydrogen) atoms. The summed E-state index contributed by atoms with van der Waals surface area (Å²) in [5.41, 5.74) is 0.992. The number of furan rings is 1. The van der Waals surface area contributed by atoms with Gasteiger partial charge in [0.25, 0.3) is 5.91 Å². The largest absolute Gasteiger partial charge is 0.456 e. The van der Waals surface area contributed by atoms with Crippen molar-refractivity contribution in [2.75, 3.05) is 18.4 Å². The van der Waals surface area contributed by atoms with Crippen LogP contribution in [0.25, 0.3) is 0 Å². The number of nitrogens with zero attached hydrogens (tertiary/aromatic N) is 3. The van der Waals surface area contributed by atoms with Crippen LogP contribution < -0.4 is 10.6 Å². The Hall–Kier alpha value is -2.15. The summed E-state index contributed by atoms with van der Waals surface area (Å²) in [5.74, 6) is 2.46. The van der Waals surface area contributed by atoms with Crippen molar-refractivity contribution in [3.63, 3.8) is 0 Å². The lowest BCUT2D eigenvalue weighted by molar-refractivity contribution is 0.0993. The highest BCUT2D eigenvalue weighted by Crippen LogP contribution is 2.23. The van der Waals surface area contributed by atoms with E-state index in [0.717, 1.165) is 49.5 Å². The van der Waals surface area contributed by atoms with Crippen LogP contribution in [0.15, 0.2) is 10.5 Å². The predicted molar refractivity (Wildman–Crippen MR) is 86.6 cm³/mol. The van der Waals surface area contributed by atoms with Crippen LogP contribution in [0, 0.1) is 6.92 Å². The van der Waals surface area contributed by atoms with Gasteiger partial charge in [0.05, 0.1) is 0 Å². The monoisotopic (exact) mass is 317 g/mol. The quantitative estimate of drug-likeness (QED) is 0.901. The van der Waals surface area contributed by atoms with E-state index in [9.17, 15) is 4.79 Å². The van der Waals surface area contributed by atoms with Crippen LogP contribution in [-0.2, 0) is 13.5 Å². The molecule has 3 heterocycles. The second kappa shape index (κ2) is 6.54. The average molecular weight is 317 g/mol. The minimum Gasteiger partial charge on any atom is -0.456 e. The van der Waals surface area contributed by atoms with Gasteiger partial charge in [0.1, 0.15) is 5.76 Å². The number of carbonyl (C=O) groups excluding carboxylic acids is 1. The number of aromatic nitrogens is 3. The van der Waals surface area contributed by atoms with Gasteiger partial charge in [-0.15, -0.1) is 0 Å². The Morgan fingerprint density at radius 2 is 2.22 bits per heavy atom. The van der Waals surface area contributed by atoms with Crippen molar-refractivity contribution >= 4 is 11.9 Å². The van der Waals surface area contributed by atoms with E-state index in [1.54, 1.807) is 17.8 Å². The summed E-state index contributed by atoms with van der Waals surface area (Å²) in [5, 5.41) is 10.6. The van der Waals surface area contributed by atoms with Gasteiger partial charge in [0, 0.05) is 19.4 Å². The number of rotatable bonds is 4. The molecule has 2 aromatic heterocycles. The fraction of sp³-hybridized carbons (Fsp3) is 0.562. The third-order valence-electron chi connectivity index (χ3n) is 4.27. The van der Waals surface area contributed by atoms with E-state index in [4.69, 9.17) is 4.42 Å². The van der Waals surface area contributed by atoms with Crippen molar-refractivity contribution in [2.45, 2.75) is 39.0 Å². The van der Waals surface area contributed by atoms with E-state index in [1.807, 2.05) is 13.8 Å². The first-order valence-corrected chi connectivity index (χ1v) is 8.10. The van der Waals surface area contributed by atoms with Crippen LogP contribution in [0.1, 0.15) is 53.4 Å². The van der Waals surface area contributed by atoms with Gasteiger partial charge in [-0.2, -0.15) is 10.1 Å². The number of hydrogen-bond donors (Lipinski definition) is 2. The topological polar surface area (TPSA) is 85.0 Å². The molecule has 1 aliphatic heterocycles. The molecule has 0 aromatic carbocycles. The number of anilines is 1. The van der Waals surface area contributed by atoms with Crippen molar-refractivity contribution in [3.8, 4) is 0 Å². The normalized spacial score (nSPS) is 15.8. The van der Waals surface area contributed by atoms with E-state index in [1.165, 1.54) is 0 Å². The lowest BCUT2D eigenvalue weighted by atomic mass is 9.98. The molecule has 1 saturated heterocycles. The van der Waals surface area contributed by atoms with E-state index in [2.05, 4.69) is 20.7 Å². The van der Waals surface area contributed by atoms with E-state index in [0.29, 0.717) is 17.6 Å². The molecule has 0 aliphatic carbocycles. The minimum atomic E-state index is -0.292. The highest BCUT2D eigenvalue weighted by molar-refractivity contribution is 6.01. The van der Waals surface area contributed by atoms with E-state index in [-0.39, 0.29) is 5.91 Å². The Morgan fingerprint density at radius 3 is 2.87 bits per heavy atom. The Bertz CT molecular complexity index is 697. The summed E-state index contributed by atoms with van der Waals surface area (Å²) in [7, 11) is 1.79. The maximum absolute atomic E-state index is 12.3. The third-order valence-corrected chi connectivity index (χ3v) is 4.27. The number of piperidine rings is 1. The SMILES string of the molecule is CCc1oc(C(=O)Nc2nc(C3CCNCC3)nn2C)cc1C. The van der Waals surface area contributed by atoms with Gasteiger partial charge in [0.2, 0.25) is 5.95 Å². The zero-order valence-corrected chi connectivity index (χ0v) is 13.8. The standard InChI is InChI=1S/C16H23N5O2/c1-4-12-10(2)9-13(23-12)15(22)19-16-18-14(20-21(16)3)11-5-7-17-8-6-11/h9,11,17H,4-8H2,1-3H3,(H,18,19,20,22). The zero-order chi connectivity index (χ0) is 16.4. The van der Waals surface area contributed by atoms with Crippen LogP contribution >= 0.6 is 0 Å². The maximum atomic E-state index is 12.3. The van der Waals surface area contributed by atoms with Crippen LogP contribution in [0.2, 0.25) is 0 Å². The van der Waals surface area contributed by atoms with Crippen LogP contribution in [0.4, 0.5) is 5.95 Å². The molecule has 1 fully saturated rings. The lowest BCUT2D eigenvalue weighted by Crippen LogP contribution is -2.27. The molecule has 1 amide bonds. The summed E-state index contributed by atoms with van der Waals surface area (Å²) in [6.45, 7) is 5.91. The maximum Gasteiger partial charge on any atom is 0.293 e. The summed E-state index contributed by atoms with van der Waals surface area (Å²) < 4.78 is 7.20. The second-order valence-electron chi connectivity index (χ2n) is 5.97. The summed E-state index contributed by atoms with van der Waals surface area (Å²) in [4.78, 5) is 16.8. The number of aryl methyl sites for hydroxylation is 3. The molecule has 0 atom stereocenters. The Morgan fingerprint density at radius 1 is 1.48 bits per heavy atom. The third kappa shape index (κ3) is 3.29. The molecule has 2 aromatic rings. The fourth-order valence-corrected chi connectivity index (χ4v) is 2.91. The molecule has 0 radical (unpaired) electrons. The number of amides is 1.